The number of amides is 3. The molecule has 1 aromatic rings. The van der Waals surface area contributed by atoms with Crippen molar-refractivity contribution in [1.29, 1.82) is 0 Å². The SMILES string of the molecule is CCCCNC(=O)C(c1cc(C)cc(C)c1)N(C(=O)CNC(=O)OC(C)(C)C)C1CC1. The van der Waals surface area contributed by atoms with E-state index in [1.807, 2.05) is 32.0 Å². The van der Waals surface area contributed by atoms with Gasteiger partial charge >= 0.3 is 6.09 Å². The second-order valence-electron chi connectivity index (χ2n) is 9.36. The van der Waals surface area contributed by atoms with Gasteiger partial charge in [-0.3, -0.25) is 9.59 Å². The summed E-state index contributed by atoms with van der Waals surface area (Å²) in [6, 6.07) is 5.23. The summed E-state index contributed by atoms with van der Waals surface area (Å²) in [6.45, 7) is 11.7. The van der Waals surface area contributed by atoms with E-state index in [0.29, 0.717) is 6.54 Å². The van der Waals surface area contributed by atoms with Crippen molar-refractivity contribution in [3.8, 4) is 0 Å². The Hall–Kier alpha value is -2.57. The van der Waals surface area contributed by atoms with Gasteiger partial charge in [-0.05, 0) is 59.4 Å². The summed E-state index contributed by atoms with van der Waals surface area (Å²) < 4.78 is 5.23. The molecule has 31 heavy (non-hydrogen) atoms. The summed E-state index contributed by atoms with van der Waals surface area (Å²) in [7, 11) is 0. The molecule has 172 valence electrons. The van der Waals surface area contributed by atoms with E-state index < -0.39 is 17.7 Å². The molecule has 0 bridgehead atoms. The van der Waals surface area contributed by atoms with E-state index in [-0.39, 0.29) is 24.4 Å². The smallest absolute Gasteiger partial charge is 0.408 e. The monoisotopic (exact) mass is 431 g/mol. The van der Waals surface area contributed by atoms with Crippen LogP contribution in [0.1, 0.15) is 76.1 Å². The highest BCUT2D eigenvalue weighted by Gasteiger charge is 2.41. The van der Waals surface area contributed by atoms with Crippen molar-refractivity contribution in [2.45, 2.75) is 84.9 Å². The van der Waals surface area contributed by atoms with Gasteiger partial charge in [0.2, 0.25) is 11.8 Å². The topological polar surface area (TPSA) is 87.7 Å². The number of unbranched alkanes of at least 4 members (excludes halogenated alkanes) is 1. The van der Waals surface area contributed by atoms with Crippen molar-refractivity contribution in [2.24, 2.45) is 0 Å². The van der Waals surface area contributed by atoms with Crippen LogP contribution in [0.5, 0.6) is 0 Å². The van der Waals surface area contributed by atoms with Crippen molar-refractivity contribution in [3.05, 3.63) is 34.9 Å². The summed E-state index contributed by atoms with van der Waals surface area (Å²) in [5.41, 5.74) is 2.22. The Morgan fingerprint density at radius 2 is 1.71 bits per heavy atom. The lowest BCUT2D eigenvalue weighted by Crippen LogP contribution is -2.49. The molecule has 0 radical (unpaired) electrons. The maximum Gasteiger partial charge on any atom is 0.408 e. The molecule has 7 nitrogen and oxygen atoms in total. The minimum absolute atomic E-state index is 0.00400. The first-order valence-corrected chi connectivity index (χ1v) is 11.2. The van der Waals surface area contributed by atoms with Crippen LogP contribution >= 0.6 is 0 Å². The first-order chi connectivity index (χ1) is 14.5. The molecule has 0 aromatic heterocycles. The van der Waals surface area contributed by atoms with Crippen molar-refractivity contribution >= 4 is 17.9 Å². The number of nitrogens with one attached hydrogen (secondary N) is 2. The molecule has 1 atom stereocenters. The largest absolute Gasteiger partial charge is 0.444 e. The molecule has 0 saturated heterocycles. The van der Waals surface area contributed by atoms with Crippen LogP contribution in [0.15, 0.2) is 18.2 Å². The molecule has 1 unspecified atom stereocenters. The summed E-state index contributed by atoms with van der Waals surface area (Å²) in [5.74, 6) is -0.473. The second kappa shape index (κ2) is 10.6. The van der Waals surface area contributed by atoms with E-state index in [9.17, 15) is 14.4 Å². The van der Waals surface area contributed by atoms with E-state index in [1.165, 1.54) is 0 Å². The fourth-order valence-electron chi connectivity index (χ4n) is 3.56. The predicted molar refractivity (Wildman–Crippen MR) is 121 cm³/mol. The number of alkyl carbamates (subject to hydrolysis) is 1. The van der Waals surface area contributed by atoms with Crippen LogP contribution in [0, 0.1) is 13.8 Å². The van der Waals surface area contributed by atoms with E-state index in [1.54, 1.807) is 25.7 Å². The number of carbonyl (C=O) groups excluding carboxylic acids is 3. The molecule has 1 fully saturated rings. The van der Waals surface area contributed by atoms with Gasteiger partial charge in [-0.15, -0.1) is 0 Å². The molecule has 1 aromatic carbocycles. The average molecular weight is 432 g/mol. The molecule has 0 aliphatic heterocycles. The van der Waals surface area contributed by atoms with Crippen LogP contribution in [0.25, 0.3) is 0 Å². The Morgan fingerprint density at radius 3 is 2.23 bits per heavy atom. The number of aryl methyl sites for hydroxylation is 2. The third-order valence-electron chi connectivity index (χ3n) is 4.93. The number of carbonyl (C=O) groups is 3. The summed E-state index contributed by atoms with van der Waals surface area (Å²) in [6.07, 6.45) is 2.90. The molecule has 2 N–H and O–H groups in total. The van der Waals surface area contributed by atoms with Gasteiger partial charge in [0.15, 0.2) is 0 Å². The lowest BCUT2D eigenvalue weighted by molar-refractivity contribution is -0.140. The molecule has 3 amide bonds. The lowest BCUT2D eigenvalue weighted by atomic mass is 9.99. The standard InChI is InChI=1S/C24H37N3O4/c1-7-8-11-25-22(29)21(18-13-16(2)12-17(3)14-18)27(19-9-10-19)20(28)15-26-23(30)31-24(4,5)6/h12-14,19,21H,7-11,15H2,1-6H3,(H,25,29)(H,26,30). The zero-order valence-corrected chi connectivity index (χ0v) is 19.7. The molecular weight excluding hydrogens is 394 g/mol. The number of nitrogens with zero attached hydrogens (tertiary/aromatic N) is 1. The van der Waals surface area contributed by atoms with Crippen LogP contribution in [0.4, 0.5) is 4.79 Å². The number of ether oxygens (including phenoxy) is 1. The van der Waals surface area contributed by atoms with Crippen LogP contribution < -0.4 is 10.6 Å². The van der Waals surface area contributed by atoms with Crippen LogP contribution in [0.3, 0.4) is 0 Å². The van der Waals surface area contributed by atoms with Gasteiger partial charge in [-0.2, -0.15) is 0 Å². The van der Waals surface area contributed by atoms with Gasteiger partial charge in [0, 0.05) is 12.6 Å². The van der Waals surface area contributed by atoms with Crippen molar-refractivity contribution in [1.82, 2.24) is 15.5 Å². The number of hydrogen-bond donors (Lipinski definition) is 2. The fraction of sp³-hybridized carbons (Fsp3) is 0.625. The summed E-state index contributed by atoms with van der Waals surface area (Å²) in [5, 5.41) is 5.53. The van der Waals surface area contributed by atoms with E-state index in [2.05, 4.69) is 17.6 Å². The minimum atomic E-state index is -0.726. The fourth-order valence-corrected chi connectivity index (χ4v) is 3.56. The quantitative estimate of drug-likeness (QED) is 0.583. The Labute approximate surface area is 185 Å². The average Bonchev–Trinajstić information content (AvgIpc) is 3.46. The maximum atomic E-state index is 13.2. The van der Waals surface area contributed by atoms with Crippen LogP contribution in [0.2, 0.25) is 0 Å². The van der Waals surface area contributed by atoms with Crippen LogP contribution in [-0.2, 0) is 14.3 Å². The number of benzene rings is 1. The molecule has 1 saturated carbocycles. The summed E-state index contributed by atoms with van der Waals surface area (Å²) >= 11 is 0. The molecule has 0 heterocycles. The van der Waals surface area contributed by atoms with E-state index in [0.717, 1.165) is 42.4 Å². The predicted octanol–water partition coefficient (Wildman–Crippen LogP) is 3.78. The molecule has 7 heteroatoms. The van der Waals surface area contributed by atoms with E-state index >= 15 is 0 Å². The summed E-state index contributed by atoms with van der Waals surface area (Å²) in [4.78, 5) is 40.1. The zero-order chi connectivity index (χ0) is 23.2. The second-order valence-corrected chi connectivity index (χ2v) is 9.36. The van der Waals surface area contributed by atoms with Gasteiger partial charge in [0.1, 0.15) is 18.2 Å². The Morgan fingerprint density at radius 1 is 1.10 bits per heavy atom. The Balaban J connectivity index is 2.25. The van der Waals surface area contributed by atoms with Gasteiger partial charge in [0.05, 0.1) is 0 Å². The normalized spacial score (nSPS) is 14.5. The third kappa shape index (κ3) is 7.89. The molecule has 1 aliphatic rings. The highest BCUT2D eigenvalue weighted by Crippen LogP contribution is 2.35. The van der Waals surface area contributed by atoms with Crippen molar-refractivity contribution in [2.75, 3.05) is 13.1 Å². The molecule has 2 rings (SSSR count). The lowest BCUT2D eigenvalue weighted by Gasteiger charge is -2.32. The minimum Gasteiger partial charge on any atom is -0.444 e. The van der Waals surface area contributed by atoms with Gasteiger partial charge in [-0.25, -0.2) is 4.79 Å². The van der Waals surface area contributed by atoms with E-state index in [4.69, 9.17) is 4.74 Å². The Bertz CT molecular complexity index is 776. The van der Waals surface area contributed by atoms with Crippen molar-refractivity contribution in [3.63, 3.8) is 0 Å². The first kappa shape index (κ1) is 24.7. The van der Waals surface area contributed by atoms with Gasteiger partial charge in [-0.1, -0.05) is 42.7 Å². The molecule has 1 aliphatic carbocycles. The maximum absolute atomic E-state index is 13.2. The highest BCUT2D eigenvalue weighted by atomic mass is 16.6. The zero-order valence-electron chi connectivity index (χ0n) is 19.7. The number of rotatable bonds is 9. The number of hydrogen-bond acceptors (Lipinski definition) is 4. The van der Waals surface area contributed by atoms with Gasteiger partial charge in [0.25, 0.3) is 0 Å². The molecular formula is C24H37N3O4. The first-order valence-electron chi connectivity index (χ1n) is 11.2. The molecule has 0 spiro atoms. The Kier molecular flexibility index (Phi) is 8.48. The van der Waals surface area contributed by atoms with Crippen LogP contribution in [-0.4, -0.2) is 47.5 Å². The van der Waals surface area contributed by atoms with Gasteiger partial charge < -0.3 is 20.3 Å². The third-order valence-corrected chi connectivity index (χ3v) is 4.93. The highest BCUT2D eigenvalue weighted by molar-refractivity contribution is 5.91. The van der Waals surface area contributed by atoms with Crippen molar-refractivity contribution < 1.29 is 19.1 Å².